The van der Waals surface area contributed by atoms with Gasteiger partial charge < -0.3 is 30.5 Å². The lowest BCUT2D eigenvalue weighted by atomic mass is 9.78. The van der Waals surface area contributed by atoms with Crippen LogP contribution in [0.15, 0.2) is 42.5 Å². The zero-order chi connectivity index (χ0) is 28.2. The molecule has 0 saturated carbocycles. The quantitative estimate of drug-likeness (QED) is 0.193. The topological polar surface area (TPSA) is 136 Å². The van der Waals surface area contributed by atoms with E-state index >= 15 is 0 Å². The Morgan fingerprint density at radius 3 is 1.81 bits per heavy atom. The molecule has 2 aromatic rings. The number of aliphatic hydroxyl groups is 2. The molecule has 204 valence electrons. The minimum absolute atomic E-state index is 0.0495. The third-order valence-corrected chi connectivity index (χ3v) is 5.27. The van der Waals surface area contributed by atoms with E-state index in [1.54, 1.807) is 0 Å². The predicted octanol–water partition coefficient (Wildman–Crippen LogP) is 3.93. The van der Waals surface area contributed by atoms with E-state index in [9.17, 15) is 5.11 Å². The molecule has 1 atom stereocenters. The summed E-state index contributed by atoms with van der Waals surface area (Å²) >= 11 is 0. The number of carbonyl (C=O) groups is 2. The molecule has 37 heavy (non-hydrogen) atoms. The van der Waals surface area contributed by atoms with Crippen molar-refractivity contribution in [1.82, 2.24) is 5.32 Å². The first kappa shape index (κ1) is 31.8. The van der Waals surface area contributed by atoms with Gasteiger partial charge in [0.2, 0.25) is 0 Å². The van der Waals surface area contributed by atoms with Gasteiger partial charge in [0.05, 0.1) is 6.61 Å². The van der Waals surface area contributed by atoms with Crippen molar-refractivity contribution in [3.05, 3.63) is 64.7 Å². The molecule has 8 nitrogen and oxygen atoms in total. The number of aliphatic hydroxyl groups excluding tert-OH is 2. The van der Waals surface area contributed by atoms with Gasteiger partial charge in [-0.3, -0.25) is 0 Å². The maximum Gasteiger partial charge on any atom is 0.414 e. The molecule has 8 heteroatoms. The number of benzene rings is 2. The fourth-order valence-corrected chi connectivity index (χ4v) is 3.36. The highest BCUT2D eigenvalue weighted by molar-refractivity contribution is 6.27. The van der Waals surface area contributed by atoms with Gasteiger partial charge in [0.1, 0.15) is 18.5 Å². The Labute approximate surface area is 219 Å². The third-order valence-electron chi connectivity index (χ3n) is 5.27. The SMILES string of the molecule is CC(C)(C)c1cc(/C=C/c2ccccc2)cc(C(C)(C)C)c1OCC(O)CNCCO.O=C(O)C(=O)O. The number of aliphatic carboxylic acids is 2. The van der Waals surface area contributed by atoms with Gasteiger partial charge in [0, 0.05) is 24.2 Å². The maximum atomic E-state index is 10.3. The summed E-state index contributed by atoms with van der Waals surface area (Å²) in [4.78, 5) is 18.2. The van der Waals surface area contributed by atoms with E-state index in [-0.39, 0.29) is 24.0 Å². The summed E-state index contributed by atoms with van der Waals surface area (Å²) in [5.41, 5.74) is 4.32. The minimum Gasteiger partial charge on any atom is -0.490 e. The number of nitrogens with one attached hydrogen (secondary N) is 1. The van der Waals surface area contributed by atoms with Gasteiger partial charge in [-0.2, -0.15) is 0 Å². The zero-order valence-corrected chi connectivity index (χ0v) is 22.6. The first-order valence-corrected chi connectivity index (χ1v) is 12.2. The monoisotopic (exact) mass is 515 g/mol. The molecule has 0 aliphatic rings. The average Bonchev–Trinajstić information content (AvgIpc) is 2.81. The van der Waals surface area contributed by atoms with Crippen molar-refractivity contribution in [1.29, 1.82) is 0 Å². The van der Waals surface area contributed by atoms with Crippen LogP contribution >= 0.6 is 0 Å². The lowest BCUT2D eigenvalue weighted by Gasteiger charge is -2.31. The van der Waals surface area contributed by atoms with Gasteiger partial charge in [-0.05, 0) is 34.1 Å². The second kappa shape index (κ2) is 14.5. The van der Waals surface area contributed by atoms with Crippen molar-refractivity contribution in [3.63, 3.8) is 0 Å². The summed E-state index contributed by atoms with van der Waals surface area (Å²) in [6.07, 6.45) is 3.63. The molecule has 0 spiro atoms. The normalized spacial score (nSPS) is 12.5. The Hall–Kier alpha value is -3.20. The van der Waals surface area contributed by atoms with Crippen LogP contribution in [0.2, 0.25) is 0 Å². The van der Waals surface area contributed by atoms with E-state index in [1.807, 2.05) is 18.2 Å². The Balaban J connectivity index is 0.00000102. The van der Waals surface area contributed by atoms with Crippen molar-refractivity contribution in [2.45, 2.75) is 58.5 Å². The molecule has 0 aromatic heterocycles. The van der Waals surface area contributed by atoms with Crippen LogP contribution in [0, 0.1) is 0 Å². The Bertz CT molecular complexity index is 987. The number of carboxylic acids is 2. The first-order valence-electron chi connectivity index (χ1n) is 12.2. The summed E-state index contributed by atoms with van der Waals surface area (Å²) in [6.45, 7) is 14.2. The molecule has 0 aliphatic carbocycles. The molecule has 5 N–H and O–H groups in total. The van der Waals surface area contributed by atoms with Crippen molar-refractivity contribution >= 4 is 24.1 Å². The molecule has 0 aliphatic heterocycles. The third kappa shape index (κ3) is 11.6. The van der Waals surface area contributed by atoms with E-state index in [4.69, 9.17) is 29.6 Å². The molecule has 2 aromatic carbocycles. The number of hydrogen-bond acceptors (Lipinski definition) is 6. The number of ether oxygens (including phenoxy) is 1. The summed E-state index contributed by atoms with van der Waals surface area (Å²) in [5, 5.41) is 37.0. The van der Waals surface area contributed by atoms with Crippen LogP contribution in [0.4, 0.5) is 0 Å². The number of carboxylic acid groups (broad SMARTS) is 2. The number of rotatable bonds is 9. The highest BCUT2D eigenvalue weighted by Crippen LogP contribution is 2.41. The summed E-state index contributed by atoms with van der Waals surface area (Å²) in [6, 6.07) is 14.7. The van der Waals surface area contributed by atoms with Crippen LogP contribution in [0.1, 0.15) is 63.8 Å². The standard InChI is InChI=1S/C27H39NO3.C2H2O4/c1-26(2,3)23-16-21(13-12-20-10-8-7-9-11-20)17-24(27(4,5)6)25(23)31-19-22(30)18-28-14-15-29;3-1(4)2(5)6/h7-13,16-17,22,28-30H,14-15,18-19H2,1-6H3;(H,3,4)(H,5,6)/b13-12+;. The van der Waals surface area contributed by atoms with E-state index in [0.29, 0.717) is 13.1 Å². The number of hydrogen-bond donors (Lipinski definition) is 5. The lowest BCUT2D eigenvalue weighted by Crippen LogP contribution is -2.33. The van der Waals surface area contributed by atoms with Crippen LogP contribution < -0.4 is 10.1 Å². The maximum absolute atomic E-state index is 10.3. The molecule has 0 fully saturated rings. The molecule has 1 unspecified atom stereocenters. The largest absolute Gasteiger partial charge is 0.490 e. The summed E-state index contributed by atoms with van der Waals surface area (Å²) < 4.78 is 6.25. The fourth-order valence-electron chi connectivity index (χ4n) is 3.36. The van der Waals surface area contributed by atoms with Crippen molar-refractivity contribution < 1.29 is 34.8 Å². The van der Waals surface area contributed by atoms with Gasteiger partial charge in [0.15, 0.2) is 0 Å². The molecular formula is C29H41NO7. The molecule has 0 heterocycles. The van der Waals surface area contributed by atoms with Crippen LogP contribution in [-0.2, 0) is 20.4 Å². The van der Waals surface area contributed by atoms with Gasteiger partial charge >= 0.3 is 11.9 Å². The smallest absolute Gasteiger partial charge is 0.414 e. The van der Waals surface area contributed by atoms with E-state index < -0.39 is 18.0 Å². The molecule has 0 bridgehead atoms. The second-order valence-corrected chi connectivity index (χ2v) is 10.7. The van der Waals surface area contributed by atoms with Crippen molar-refractivity contribution in [2.24, 2.45) is 0 Å². The second-order valence-electron chi connectivity index (χ2n) is 10.7. The van der Waals surface area contributed by atoms with Gasteiger partial charge in [-0.25, -0.2) is 9.59 Å². The van der Waals surface area contributed by atoms with Crippen LogP contribution in [0.25, 0.3) is 12.2 Å². The lowest BCUT2D eigenvalue weighted by molar-refractivity contribution is -0.159. The van der Waals surface area contributed by atoms with Crippen LogP contribution in [0.3, 0.4) is 0 Å². The molecule has 0 saturated heterocycles. The Morgan fingerprint density at radius 2 is 1.38 bits per heavy atom. The average molecular weight is 516 g/mol. The Kier molecular flexibility index (Phi) is 12.5. The van der Waals surface area contributed by atoms with Gasteiger partial charge in [0.25, 0.3) is 0 Å². The first-order chi connectivity index (χ1) is 17.2. The predicted molar refractivity (Wildman–Crippen MR) is 146 cm³/mol. The van der Waals surface area contributed by atoms with Crippen LogP contribution in [0.5, 0.6) is 5.75 Å². The molecule has 0 radical (unpaired) electrons. The Morgan fingerprint density at radius 1 is 0.892 bits per heavy atom. The molecule has 0 amide bonds. The van der Waals surface area contributed by atoms with Crippen molar-refractivity contribution in [3.8, 4) is 5.75 Å². The van der Waals surface area contributed by atoms with Crippen molar-refractivity contribution in [2.75, 3.05) is 26.3 Å². The molecule has 2 rings (SSSR count). The van der Waals surface area contributed by atoms with Gasteiger partial charge in [-0.1, -0.05) is 84.0 Å². The van der Waals surface area contributed by atoms with E-state index in [2.05, 4.69) is 83.3 Å². The van der Waals surface area contributed by atoms with E-state index in [0.717, 1.165) is 28.0 Å². The summed E-state index contributed by atoms with van der Waals surface area (Å²) in [7, 11) is 0. The highest BCUT2D eigenvalue weighted by atomic mass is 16.5. The fraction of sp³-hybridized carbons (Fsp3) is 0.448. The zero-order valence-electron chi connectivity index (χ0n) is 22.6. The van der Waals surface area contributed by atoms with Gasteiger partial charge in [-0.15, -0.1) is 0 Å². The summed E-state index contributed by atoms with van der Waals surface area (Å²) in [5.74, 6) is -2.79. The molecular weight excluding hydrogens is 474 g/mol. The van der Waals surface area contributed by atoms with Crippen LogP contribution in [-0.4, -0.2) is 64.8 Å². The highest BCUT2D eigenvalue weighted by Gasteiger charge is 2.28. The van der Waals surface area contributed by atoms with E-state index in [1.165, 1.54) is 0 Å². The minimum atomic E-state index is -1.82.